The quantitative estimate of drug-likeness (QED) is 0.484. The molecule has 0 amide bonds. The molecule has 3 aromatic rings. The van der Waals surface area contributed by atoms with Gasteiger partial charge in [-0.25, -0.2) is 0 Å². The molecule has 3 nitrogen and oxygen atoms in total. The molecule has 122 valence electrons. The molecule has 3 N–H and O–H groups in total. The van der Waals surface area contributed by atoms with Crippen molar-refractivity contribution in [2.75, 3.05) is 0 Å². The molecular weight excluding hydrogens is 472 g/mol. The van der Waals surface area contributed by atoms with Gasteiger partial charge in [0.25, 0.3) is 0 Å². The van der Waals surface area contributed by atoms with Gasteiger partial charge >= 0.3 is 0 Å². The van der Waals surface area contributed by atoms with Gasteiger partial charge < -0.3 is 15.3 Å². The van der Waals surface area contributed by atoms with Crippen LogP contribution in [0.15, 0.2) is 72.8 Å². The summed E-state index contributed by atoms with van der Waals surface area (Å²) >= 11 is 0. The number of phenolic OH excluding ortho intramolecular Hbond substituents is 3. The predicted molar refractivity (Wildman–Crippen MR) is 89.9 cm³/mol. The van der Waals surface area contributed by atoms with E-state index in [2.05, 4.69) is 6.92 Å². The van der Waals surface area contributed by atoms with Gasteiger partial charge in [-0.2, -0.15) is 0 Å². The van der Waals surface area contributed by atoms with Crippen LogP contribution in [0.25, 0.3) is 0 Å². The first-order chi connectivity index (χ1) is 11.0. The van der Waals surface area contributed by atoms with E-state index in [1.807, 2.05) is 36.4 Å². The minimum atomic E-state index is -0.477. The number of hydrogen-bond donors (Lipinski definition) is 3. The van der Waals surface area contributed by atoms with Crippen LogP contribution in [0.4, 0.5) is 0 Å². The van der Waals surface area contributed by atoms with E-state index in [1.54, 1.807) is 36.4 Å². The van der Waals surface area contributed by atoms with Gasteiger partial charge in [0.15, 0.2) is 0 Å². The van der Waals surface area contributed by atoms with Gasteiger partial charge in [0.2, 0.25) is 0 Å². The van der Waals surface area contributed by atoms with E-state index in [-0.39, 0.29) is 38.3 Å². The van der Waals surface area contributed by atoms with Gasteiger partial charge in [-0.3, -0.25) is 0 Å². The fourth-order valence-corrected chi connectivity index (χ4v) is 2.88. The van der Waals surface area contributed by atoms with Crippen molar-refractivity contribution in [2.24, 2.45) is 0 Å². The van der Waals surface area contributed by atoms with Crippen LogP contribution in [-0.2, 0) is 26.5 Å². The Morgan fingerprint density at radius 3 is 0.917 bits per heavy atom. The van der Waals surface area contributed by atoms with Crippen LogP contribution in [0.5, 0.6) is 17.2 Å². The van der Waals surface area contributed by atoms with Crippen molar-refractivity contribution in [1.82, 2.24) is 0 Å². The molecular formula is C20H18O3W. The fourth-order valence-electron chi connectivity index (χ4n) is 2.88. The summed E-state index contributed by atoms with van der Waals surface area (Å²) in [6.07, 6.45) is 0. The van der Waals surface area contributed by atoms with Crippen molar-refractivity contribution in [3.8, 4) is 17.2 Å². The molecule has 0 aliphatic carbocycles. The third-order valence-corrected chi connectivity index (χ3v) is 4.33. The molecule has 0 aliphatic rings. The molecule has 4 heteroatoms. The molecule has 0 aliphatic heterocycles. The second-order valence-corrected chi connectivity index (χ2v) is 5.77. The number of rotatable bonds is 3. The van der Waals surface area contributed by atoms with Crippen molar-refractivity contribution in [3.63, 3.8) is 0 Å². The van der Waals surface area contributed by atoms with Crippen LogP contribution >= 0.6 is 0 Å². The average molecular weight is 490 g/mol. The van der Waals surface area contributed by atoms with Gasteiger partial charge in [0.1, 0.15) is 17.2 Å². The smallest absolute Gasteiger partial charge is 0.115 e. The van der Waals surface area contributed by atoms with Crippen molar-refractivity contribution >= 4 is 0 Å². The van der Waals surface area contributed by atoms with Crippen LogP contribution in [0.1, 0.15) is 23.6 Å². The molecule has 0 fully saturated rings. The van der Waals surface area contributed by atoms with E-state index in [0.717, 1.165) is 16.7 Å². The first kappa shape index (κ1) is 18.1. The summed E-state index contributed by atoms with van der Waals surface area (Å²) in [4.78, 5) is 0. The fraction of sp³-hybridized carbons (Fsp3) is 0.100. The van der Waals surface area contributed by atoms with Crippen molar-refractivity contribution in [2.45, 2.75) is 12.3 Å². The SMILES string of the molecule is CC(c1ccc(O)cc1)(c1ccc(O)cc1)c1ccc(O)cc1.[W]. The summed E-state index contributed by atoms with van der Waals surface area (Å²) in [6.45, 7) is 2.08. The second-order valence-electron chi connectivity index (χ2n) is 5.77. The maximum atomic E-state index is 9.57. The first-order valence-electron chi connectivity index (χ1n) is 7.38. The number of hydrogen-bond acceptors (Lipinski definition) is 3. The van der Waals surface area contributed by atoms with E-state index in [4.69, 9.17) is 0 Å². The zero-order chi connectivity index (χ0) is 16.4. The number of benzene rings is 3. The third-order valence-electron chi connectivity index (χ3n) is 4.33. The minimum Gasteiger partial charge on any atom is -0.508 e. The van der Waals surface area contributed by atoms with Crippen LogP contribution in [0, 0.1) is 0 Å². The van der Waals surface area contributed by atoms with Gasteiger partial charge in [-0.15, -0.1) is 0 Å². The monoisotopic (exact) mass is 490 g/mol. The molecule has 0 atom stereocenters. The molecule has 3 aromatic carbocycles. The molecule has 0 spiro atoms. The molecule has 0 saturated carbocycles. The second kappa shape index (κ2) is 7.10. The number of phenols is 3. The Hall–Kier alpha value is -2.25. The molecule has 24 heavy (non-hydrogen) atoms. The molecule has 0 bridgehead atoms. The summed E-state index contributed by atoms with van der Waals surface area (Å²) in [5.74, 6) is 0.646. The minimum absolute atomic E-state index is 0. The maximum absolute atomic E-state index is 9.57. The standard InChI is InChI=1S/C20H18O3.W/c1-20(14-2-8-17(21)9-3-14,15-4-10-18(22)11-5-15)16-6-12-19(23)13-7-16;/h2-13,21-23H,1H3;. The summed E-state index contributed by atoms with van der Waals surface area (Å²) < 4.78 is 0. The van der Waals surface area contributed by atoms with Crippen molar-refractivity contribution < 1.29 is 36.4 Å². The van der Waals surface area contributed by atoms with E-state index in [0.29, 0.717) is 0 Å². The van der Waals surface area contributed by atoms with Gasteiger partial charge in [0, 0.05) is 26.5 Å². The molecule has 0 radical (unpaired) electrons. The first-order valence-corrected chi connectivity index (χ1v) is 7.38. The van der Waals surface area contributed by atoms with Crippen LogP contribution in [0.2, 0.25) is 0 Å². The van der Waals surface area contributed by atoms with Gasteiger partial charge in [0.05, 0.1) is 0 Å². The summed E-state index contributed by atoms with van der Waals surface area (Å²) in [5, 5.41) is 28.7. The Kier molecular flexibility index (Phi) is 5.36. The Balaban J connectivity index is 0.00000208. The third kappa shape index (κ3) is 3.32. The summed E-state index contributed by atoms with van der Waals surface area (Å²) in [5.41, 5.74) is 2.54. The van der Waals surface area contributed by atoms with E-state index in [1.165, 1.54) is 0 Å². The van der Waals surface area contributed by atoms with Gasteiger partial charge in [-0.1, -0.05) is 36.4 Å². The largest absolute Gasteiger partial charge is 0.508 e. The maximum Gasteiger partial charge on any atom is 0.115 e. The van der Waals surface area contributed by atoms with E-state index < -0.39 is 5.41 Å². The molecule has 0 unspecified atom stereocenters. The molecule has 0 heterocycles. The molecule has 0 aromatic heterocycles. The van der Waals surface area contributed by atoms with Gasteiger partial charge in [-0.05, 0) is 60.0 Å². The topological polar surface area (TPSA) is 60.7 Å². The molecule has 0 saturated heterocycles. The normalized spacial score (nSPS) is 10.9. The summed E-state index contributed by atoms with van der Waals surface area (Å²) in [7, 11) is 0. The Bertz CT molecular complexity index is 683. The van der Waals surface area contributed by atoms with Crippen molar-refractivity contribution in [3.05, 3.63) is 89.5 Å². The Morgan fingerprint density at radius 2 is 0.708 bits per heavy atom. The van der Waals surface area contributed by atoms with Crippen LogP contribution in [0.3, 0.4) is 0 Å². The predicted octanol–water partition coefficient (Wildman–Crippen LogP) is 4.16. The van der Waals surface area contributed by atoms with E-state index >= 15 is 0 Å². The van der Waals surface area contributed by atoms with Crippen LogP contribution < -0.4 is 0 Å². The average Bonchev–Trinajstić information content (AvgIpc) is 2.56. The summed E-state index contributed by atoms with van der Waals surface area (Å²) in [6, 6.07) is 21.3. The van der Waals surface area contributed by atoms with Crippen LogP contribution in [-0.4, -0.2) is 15.3 Å². The Morgan fingerprint density at radius 1 is 0.500 bits per heavy atom. The zero-order valence-electron chi connectivity index (χ0n) is 13.2. The Labute approximate surface area is 155 Å². The number of aromatic hydroxyl groups is 3. The zero-order valence-corrected chi connectivity index (χ0v) is 16.1. The molecule has 3 rings (SSSR count). The van der Waals surface area contributed by atoms with Crippen molar-refractivity contribution in [1.29, 1.82) is 0 Å². The van der Waals surface area contributed by atoms with E-state index in [9.17, 15) is 15.3 Å².